The number of benzene rings is 1. The monoisotopic (exact) mass is 316 g/mol. The van der Waals surface area contributed by atoms with Crippen molar-refractivity contribution in [2.24, 2.45) is 0 Å². The van der Waals surface area contributed by atoms with Crippen molar-refractivity contribution in [1.82, 2.24) is 5.32 Å². The molecule has 0 aliphatic heterocycles. The van der Waals surface area contributed by atoms with Crippen LogP contribution in [-0.4, -0.2) is 23.5 Å². The van der Waals surface area contributed by atoms with Gasteiger partial charge in [0.2, 0.25) is 0 Å². The van der Waals surface area contributed by atoms with Gasteiger partial charge < -0.3 is 11.1 Å². The molecule has 0 saturated carbocycles. The minimum atomic E-state index is -0.128. The third-order valence-corrected chi connectivity index (χ3v) is 4.23. The van der Waals surface area contributed by atoms with E-state index in [-0.39, 0.29) is 10.7 Å². The summed E-state index contributed by atoms with van der Waals surface area (Å²) in [6, 6.07) is 5.26. The van der Waals surface area contributed by atoms with Gasteiger partial charge in [0.05, 0.1) is 5.56 Å². The van der Waals surface area contributed by atoms with Crippen LogP contribution in [0.25, 0.3) is 0 Å². The first kappa shape index (κ1) is 14.4. The van der Waals surface area contributed by atoms with E-state index in [4.69, 9.17) is 5.73 Å². The number of anilines is 1. The molecule has 0 bridgehead atoms. The maximum absolute atomic E-state index is 11.9. The third-order valence-electron chi connectivity index (χ3n) is 2.49. The van der Waals surface area contributed by atoms with Crippen LogP contribution in [0.15, 0.2) is 22.7 Å². The number of nitrogens with two attached hydrogens (primary N) is 1. The summed E-state index contributed by atoms with van der Waals surface area (Å²) in [7, 11) is 0. The molecule has 5 heteroatoms. The Hall–Kier alpha value is -0.680. The summed E-state index contributed by atoms with van der Waals surface area (Å²) in [4.78, 5) is 11.9. The first-order valence-corrected chi connectivity index (χ1v) is 7.26. The molecule has 0 saturated heterocycles. The fourth-order valence-electron chi connectivity index (χ4n) is 1.20. The maximum atomic E-state index is 11.9. The molecule has 0 spiro atoms. The molecule has 3 N–H and O–H groups in total. The quantitative estimate of drug-likeness (QED) is 0.840. The molecular weight excluding hydrogens is 300 g/mol. The Morgan fingerprint density at radius 1 is 1.53 bits per heavy atom. The smallest absolute Gasteiger partial charge is 0.253 e. The largest absolute Gasteiger partial charge is 0.398 e. The molecule has 0 unspecified atom stereocenters. The van der Waals surface area contributed by atoms with Gasteiger partial charge in [-0.25, -0.2) is 0 Å². The number of hydrogen-bond donors (Lipinski definition) is 2. The third kappa shape index (κ3) is 4.24. The summed E-state index contributed by atoms with van der Waals surface area (Å²) in [6.45, 7) is 4.79. The Morgan fingerprint density at radius 2 is 2.18 bits per heavy atom. The highest BCUT2D eigenvalue weighted by Crippen LogP contribution is 2.21. The molecule has 94 valence electrons. The SMILES string of the molecule is CSC(C)(C)CNC(=O)c1ccc(Br)cc1N. The topological polar surface area (TPSA) is 55.1 Å². The molecule has 1 aromatic carbocycles. The zero-order chi connectivity index (χ0) is 13.1. The molecular formula is C12H17BrN2OS. The fraction of sp³-hybridized carbons (Fsp3) is 0.417. The van der Waals surface area contributed by atoms with E-state index in [1.165, 1.54) is 0 Å². The summed E-state index contributed by atoms with van der Waals surface area (Å²) in [5.74, 6) is -0.128. The lowest BCUT2D eigenvalue weighted by Gasteiger charge is -2.22. The molecule has 0 aliphatic carbocycles. The van der Waals surface area contributed by atoms with Gasteiger partial charge in [0, 0.05) is 21.5 Å². The van der Waals surface area contributed by atoms with E-state index in [2.05, 4.69) is 35.1 Å². The minimum Gasteiger partial charge on any atom is -0.398 e. The molecule has 0 aliphatic rings. The second-order valence-corrected chi connectivity index (χ2v) is 6.81. The van der Waals surface area contributed by atoms with Gasteiger partial charge in [0.25, 0.3) is 5.91 Å². The average molecular weight is 317 g/mol. The van der Waals surface area contributed by atoms with E-state index in [0.29, 0.717) is 17.8 Å². The number of halogens is 1. The Morgan fingerprint density at radius 3 is 2.71 bits per heavy atom. The van der Waals surface area contributed by atoms with Crippen molar-refractivity contribution < 1.29 is 4.79 Å². The highest BCUT2D eigenvalue weighted by atomic mass is 79.9. The van der Waals surface area contributed by atoms with Gasteiger partial charge in [0.1, 0.15) is 0 Å². The zero-order valence-corrected chi connectivity index (χ0v) is 12.6. The van der Waals surface area contributed by atoms with Gasteiger partial charge in [-0.1, -0.05) is 15.9 Å². The molecule has 0 aromatic heterocycles. The Bertz CT molecular complexity index is 421. The summed E-state index contributed by atoms with van der Waals surface area (Å²) >= 11 is 5.03. The molecule has 0 radical (unpaired) electrons. The van der Waals surface area contributed by atoms with Crippen LogP contribution in [0.2, 0.25) is 0 Å². The van der Waals surface area contributed by atoms with Crippen LogP contribution >= 0.6 is 27.7 Å². The van der Waals surface area contributed by atoms with Gasteiger partial charge in [-0.15, -0.1) is 0 Å². The van der Waals surface area contributed by atoms with Crippen LogP contribution in [0.4, 0.5) is 5.69 Å². The highest BCUT2D eigenvalue weighted by molar-refractivity contribution is 9.10. The van der Waals surface area contributed by atoms with Crippen LogP contribution in [-0.2, 0) is 0 Å². The van der Waals surface area contributed by atoms with Crippen molar-refractivity contribution in [2.75, 3.05) is 18.5 Å². The fourth-order valence-corrected chi connectivity index (χ4v) is 1.80. The first-order valence-electron chi connectivity index (χ1n) is 5.24. The minimum absolute atomic E-state index is 0.0276. The van der Waals surface area contributed by atoms with Crippen molar-refractivity contribution in [2.45, 2.75) is 18.6 Å². The summed E-state index contributed by atoms with van der Waals surface area (Å²) < 4.78 is 0.899. The summed E-state index contributed by atoms with van der Waals surface area (Å²) in [5, 5.41) is 2.90. The number of nitrogen functional groups attached to an aromatic ring is 1. The number of thioether (sulfide) groups is 1. The number of amides is 1. The van der Waals surface area contributed by atoms with Crippen molar-refractivity contribution in [3.63, 3.8) is 0 Å². The first-order chi connectivity index (χ1) is 7.85. The van der Waals surface area contributed by atoms with E-state index in [0.717, 1.165) is 4.47 Å². The maximum Gasteiger partial charge on any atom is 0.253 e. The van der Waals surface area contributed by atoms with Crippen molar-refractivity contribution in [3.05, 3.63) is 28.2 Å². The lowest BCUT2D eigenvalue weighted by atomic mass is 10.1. The molecule has 1 amide bonds. The van der Waals surface area contributed by atoms with E-state index < -0.39 is 0 Å². The molecule has 3 nitrogen and oxygen atoms in total. The predicted molar refractivity (Wildman–Crippen MR) is 78.5 cm³/mol. The molecule has 1 aromatic rings. The van der Waals surface area contributed by atoms with Crippen LogP contribution < -0.4 is 11.1 Å². The van der Waals surface area contributed by atoms with Crippen molar-refractivity contribution >= 4 is 39.3 Å². The Balaban J connectivity index is 2.71. The molecule has 0 atom stereocenters. The number of nitrogens with one attached hydrogen (secondary N) is 1. The normalized spacial score (nSPS) is 11.3. The summed E-state index contributed by atoms with van der Waals surface area (Å²) in [5.41, 5.74) is 6.80. The Labute approximate surface area is 115 Å². The number of rotatable bonds is 4. The van der Waals surface area contributed by atoms with Crippen LogP contribution in [0, 0.1) is 0 Å². The van der Waals surface area contributed by atoms with Gasteiger partial charge >= 0.3 is 0 Å². The van der Waals surface area contributed by atoms with Gasteiger partial charge in [-0.2, -0.15) is 11.8 Å². The summed E-state index contributed by atoms with van der Waals surface area (Å²) in [6.07, 6.45) is 2.03. The van der Waals surface area contributed by atoms with Crippen LogP contribution in [0.5, 0.6) is 0 Å². The molecule has 1 rings (SSSR count). The van der Waals surface area contributed by atoms with Crippen LogP contribution in [0.1, 0.15) is 24.2 Å². The standard InChI is InChI=1S/C12H17BrN2OS/c1-12(2,17-3)7-15-11(16)9-5-4-8(13)6-10(9)14/h4-6H,7,14H2,1-3H3,(H,15,16). The molecule has 0 heterocycles. The van der Waals surface area contributed by atoms with Gasteiger partial charge in [0.15, 0.2) is 0 Å². The lowest BCUT2D eigenvalue weighted by molar-refractivity contribution is 0.0951. The zero-order valence-electron chi connectivity index (χ0n) is 10.2. The van der Waals surface area contributed by atoms with Crippen molar-refractivity contribution in [3.8, 4) is 0 Å². The van der Waals surface area contributed by atoms with E-state index in [9.17, 15) is 4.79 Å². The predicted octanol–water partition coefficient (Wildman–Crippen LogP) is 2.90. The highest BCUT2D eigenvalue weighted by Gasteiger charge is 2.18. The van der Waals surface area contributed by atoms with E-state index in [1.807, 2.05) is 12.3 Å². The van der Waals surface area contributed by atoms with Gasteiger partial charge in [-0.05, 0) is 38.3 Å². The average Bonchev–Trinajstić information content (AvgIpc) is 2.26. The van der Waals surface area contributed by atoms with Crippen LogP contribution in [0.3, 0.4) is 0 Å². The lowest BCUT2D eigenvalue weighted by Crippen LogP contribution is -2.36. The second-order valence-electron chi connectivity index (χ2n) is 4.38. The van der Waals surface area contributed by atoms with E-state index in [1.54, 1.807) is 23.9 Å². The second kappa shape index (κ2) is 5.78. The number of hydrogen-bond acceptors (Lipinski definition) is 3. The number of carbonyl (C=O) groups is 1. The number of carbonyl (C=O) groups excluding carboxylic acids is 1. The van der Waals surface area contributed by atoms with Crippen molar-refractivity contribution in [1.29, 1.82) is 0 Å². The molecule has 0 fully saturated rings. The molecule has 17 heavy (non-hydrogen) atoms. The van der Waals surface area contributed by atoms with Gasteiger partial charge in [-0.3, -0.25) is 4.79 Å². The Kier molecular flexibility index (Phi) is 4.89. The van der Waals surface area contributed by atoms with E-state index >= 15 is 0 Å².